The summed E-state index contributed by atoms with van der Waals surface area (Å²) in [5, 5.41) is 3.79. The molecule has 1 saturated heterocycles. The minimum atomic E-state index is 0.0787. The van der Waals surface area contributed by atoms with Crippen molar-refractivity contribution >= 4 is 6.29 Å². The number of likely N-dealkylation sites (N-methyl/N-ethyl adjacent to an activating group) is 1. The molecular formula is C9H13N3O2. The van der Waals surface area contributed by atoms with E-state index in [9.17, 15) is 4.79 Å². The third-order valence-electron chi connectivity index (χ3n) is 2.64. The minimum absolute atomic E-state index is 0.0787. The first-order chi connectivity index (χ1) is 6.83. The highest BCUT2D eigenvalue weighted by atomic mass is 16.5. The molecule has 2 heterocycles. The zero-order valence-corrected chi connectivity index (χ0v) is 8.14. The number of carbonyl (C=O) groups excluding carboxylic acids is 1. The van der Waals surface area contributed by atoms with E-state index >= 15 is 0 Å². The molecule has 0 aliphatic carbocycles. The number of carbonyl (C=O) groups is 1. The standard InChI is InChI=1S/C9H13N3O2/c1-2-12-4-3-7(5-12)9-10-8(6-13)14-11-9/h6-7H,2-5H2,1H3. The van der Waals surface area contributed by atoms with E-state index in [2.05, 4.69) is 22.0 Å². The topological polar surface area (TPSA) is 59.2 Å². The summed E-state index contributed by atoms with van der Waals surface area (Å²) in [5.41, 5.74) is 0. The normalized spacial score (nSPS) is 22.8. The molecule has 0 bridgehead atoms. The van der Waals surface area contributed by atoms with Gasteiger partial charge in [0.1, 0.15) is 0 Å². The highest BCUT2D eigenvalue weighted by molar-refractivity contribution is 5.66. The second-order valence-electron chi connectivity index (χ2n) is 3.49. The molecule has 1 aliphatic heterocycles. The Morgan fingerprint density at radius 3 is 3.14 bits per heavy atom. The van der Waals surface area contributed by atoms with E-state index in [0.29, 0.717) is 18.0 Å². The number of aromatic nitrogens is 2. The molecule has 0 aromatic carbocycles. The summed E-state index contributed by atoms with van der Waals surface area (Å²) in [6.07, 6.45) is 1.63. The average molecular weight is 195 g/mol. The molecule has 1 aromatic heterocycles. The number of hydrogen-bond donors (Lipinski definition) is 0. The van der Waals surface area contributed by atoms with Crippen LogP contribution in [0.15, 0.2) is 4.52 Å². The number of nitrogens with zero attached hydrogens (tertiary/aromatic N) is 3. The fraction of sp³-hybridized carbons (Fsp3) is 0.667. The van der Waals surface area contributed by atoms with Crippen molar-refractivity contribution in [2.24, 2.45) is 0 Å². The van der Waals surface area contributed by atoms with E-state index in [0.717, 1.165) is 26.1 Å². The number of likely N-dealkylation sites (tertiary alicyclic amines) is 1. The summed E-state index contributed by atoms with van der Waals surface area (Å²) in [5.74, 6) is 1.07. The monoisotopic (exact) mass is 195 g/mol. The lowest BCUT2D eigenvalue weighted by atomic mass is 10.1. The van der Waals surface area contributed by atoms with E-state index < -0.39 is 0 Å². The second kappa shape index (κ2) is 3.88. The van der Waals surface area contributed by atoms with Crippen molar-refractivity contribution in [3.05, 3.63) is 11.7 Å². The van der Waals surface area contributed by atoms with Crippen molar-refractivity contribution in [3.63, 3.8) is 0 Å². The lowest BCUT2D eigenvalue weighted by Crippen LogP contribution is -2.19. The lowest BCUT2D eigenvalue weighted by Gasteiger charge is -2.10. The van der Waals surface area contributed by atoms with Gasteiger partial charge in [-0.15, -0.1) is 0 Å². The second-order valence-corrected chi connectivity index (χ2v) is 3.49. The van der Waals surface area contributed by atoms with Crippen molar-refractivity contribution in [1.29, 1.82) is 0 Å². The SMILES string of the molecule is CCN1CCC(c2noc(C=O)n2)C1. The van der Waals surface area contributed by atoms with Gasteiger partial charge in [-0.05, 0) is 19.5 Å². The largest absolute Gasteiger partial charge is 0.331 e. The van der Waals surface area contributed by atoms with Crippen molar-refractivity contribution < 1.29 is 9.32 Å². The molecule has 0 saturated carbocycles. The van der Waals surface area contributed by atoms with Crippen molar-refractivity contribution in [2.75, 3.05) is 19.6 Å². The van der Waals surface area contributed by atoms with Crippen LogP contribution in [0.1, 0.15) is 35.8 Å². The van der Waals surface area contributed by atoms with Gasteiger partial charge in [-0.2, -0.15) is 4.98 Å². The van der Waals surface area contributed by atoms with Crippen LogP contribution in [0.5, 0.6) is 0 Å². The summed E-state index contributed by atoms with van der Waals surface area (Å²) >= 11 is 0. The first-order valence-corrected chi connectivity index (χ1v) is 4.84. The molecule has 0 spiro atoms. The predicted octanol–water partition coefficient (Wildman–Crippen LogP) is 0.691. The maximum absolute atomic E-state index is 10.3. The van der Waals surface area contributed by atoms with Crippen LogP contribution in [0.25, 0.3) is 0 Å². The third kappa shape index (κ3) is 1.68. The minimum Gasteiger partial charge on any atom is -0.331 e. The first-order valence-electron chi connectivity index (χ1n) is 4.84. The Morgan fingerprint density at radius 1 is 1.71 bits per heavy atom. The molecule has 5 nitrogen and oxygen atoms in total. The molecular weight excluding hydrogens is 182 g/mol. The van der Waals surface area contributed by atoms with E-state index in [1.165, 1.54) is 0 Å². The molecule has 1 fully saturated rings. The molecule has 2 rings (SSSR count). The Balaban J connectivity index is 2.05. The average Bonchev–Trinajstić information content (AvgIpc) is 2.86. The Bertz CT molecular complexity index is 324. The van der Waals surface area contributed by atoms with Gasteiger partial charge in [-0.1, -0.05) is 12.1 Å². The fourth-order valence-electron chi connectivity index (χ4n) is 1.79. The van der Waals surface area contributed by atoms with E-state index in [1.54, 1.807) is 0 Å². The molecule has 0 radical (unpaired) electrons. The quantitative estimate of drug-likeness (QED) is 0.664. The van der Waals surface area contributed by atoms with Gasteiger partial charge in [0.25, 0.3) is 5.89 Å². The number of aldehydes is 1. The van der Waals surface area contributed by atoms with Crippen molar-refractivity contribution in [1.82, 2.24) is 15.0 Å². The Morgan fingerprint density at radius 2 is 2.57 bits per heavy atom. The van der Waals surface area contributed by atoms with E-state index in [1.807, 2.05) is 0 Å². The van der Waals surface area contributed by atoms with Gasteiger partial charge in [0, 0.05) is 12.5 Å². The molecule has 1 aromatic rings. The zero-order chi connectivity index (χ0) is 9.97. The van der Waals surface area contributed by atoms with Gasteiger partial charge in [0.05, 0.1) is 0 Å². The summed E-state index contributed by atoms with van der Waals surface area (Å²) in [6, 6.07) is 0. The van der Waals surface area contributed by atoms with Gasteiger partial charge < -0.3 is 9.42 Å². The lowest BCUT2D eigenvalue weighted by molar-refractivity contribution is 0.108. The Hall–Kier alpha value is -1.23. The Labute approximate surface area is 82.1 Å². The summed E-state index contributed by atoms with van der Waals surface area (Å²) < 4.78 is 4.75. The molecule has 0 amide bonds. The van der Waals surface area contributed by atoms with Crippen molar-refractivity contribution in [3.8, 4) is 0 Å². The van der Waals surface area contributed by atoms with Crippen LogP contribution in [0.3, 0.4) is 0 Å². The van der Waals surface area contributed by atoms with Crippen LogP contribution < -0.4 is 0 Å². The first kappa shape index (κ1) is 9.33. The molecule has 14 heavy (non-hydrogen) atoms. The smallest absolute Gasteiger partial charge is 0.290 e. The summed E-state index contributed by atoms with van der Waals surface area (Å²) in [7, 11) is 0. The molecule has 1 atom stereocenters. The van der Waals surface area contributed by atoms with Gasteiger partial charge in [0.2, 0.25) is 6.29 Å². The maximum atomic E-state index is 10.3. The van der Waals surface area contributed by atoms with Crippen LogP contribution >= 0.6 is 0 Å². The molecule has 0 N–H and O–H groups in total. The molecule has 1 unspecified atom stereocenters. The number of rotatable bonds is 3. The summed E-state index contributed by atoms with van der Waals surface area (Å²) in [6.45, 7) is 5.23. The van der Waals surface area contributed by atoms with Crippen LogP contribution in [0.4, 0.5) is 0 Å². The van der Waals surface area contributed by atoms with Crippen molar-refractivity contribution in [2.45, 2.75) is 19.3 Å². The highest BCUT2D eigenvalue weighted by Gasteiger charge is 2.26. The van der Waals surface area contributed by atoms with E-state index in [-0.39, 0.29) is 5.89 Å². The van der Waals surface area contributed by atoms with Gasteiger partial charge in [0.15, 0.2) is 5.82 Å². The fourth-order valence-corrected chi connectivity index (χ4v) is 1.79. The van der Waals surface area contributed by atoms with Gasteiger partial charge in [-0.3, -0.25) is 4.79 Å². The van der Waals surface area contributed by atoms with E-state index in [4.69, 9.17) is 4.52 Å². The van der Waals surface area contributed by atoms with Gasteiger partial charge >= 0.3 is 0 Å². The highest BCUT2D eigenvalue weighted by Crippen LogP contribution is 2.24. The number of hydrogen-bond acceptors (Lipinski definition) is 5. The summed E-state index contributed by atoms with van der Waals surface area (Å²) in [4.78, 5) is 16.7. The van der Waals surface area contributed by atoms with Crippen LogP contribution in [-0.2, 0) is 0 Å². The molecule has 5 heteroatoms. The maximum Gasteiger partial charge on any atom is 0.290 e. The molecule has 1 aliphatic rings. The third-order valence-corrected chi connectivity index (χ3v) is 2.64. The zero-order valence-electron chi connectivity index (χ0n) is 8.14. The van der Waals surface area contributed by atoms with Crippen LogP contribution in [0, 0.1) is 0 Å². The van der Waals surface area contributed by atoms with Gasteiger partial charge in [-0.25, -0.2) is 0 Å². The van der Waals surface area contributed by atoms with Crippen LogP contribution in [0.2, 0.25) is 0 Å². The van der Waals surface area contributed by atoms with Crippen LogP contribution in [-0.4, -0.2) is 41.0 Å². The predicted molar refractivity (Wildman–Crippen MR) is 49.2 cm³/mol. The molecule has 76 valence electrons. The Kier molecular flexibility index (Phi) is 2.58.